The van der Waals surface area contributed by atoms with E-state index in [-0.39, 0.29) is 5.91 Å². The van der Waals surface area contributed by atoms with E-state index in [1.165, 1.54) is 0 Å². The number of hydrogen-bond acceptors (Lipinski definition) is 5. The number of hydrogen-bond donors (Lipinski definition) is 0. The minimum absolute atomic E-state index is 0.0353. The Labute approximate surface area is 141 Å². The molecule has 1 aliphatic carbocycles. The van der Waals surface area contributed by atoms with Crippen LogP contribution >= 0.6 is 0 Å². The van der Waals surface area contributed by atoms with Crippen LogP contribution in [-0.4, -0.2) is 51.1 Å². The van der Waals surface area contributed by atoms with Crippen molar-refractivity contribution in [2.24, 2.45) is 4.99 Å². The van der Waals surface area contributed by atoms with E-state index in [0.29, 0.717) is 36.8 Å². The lowest BCUT2D eigenvalue weighted by Gasteiger charge is -2.24. The van der Waals surface area contributed by atoms with E-state index in [1.54, 1.807) is 26.2 Å². The van der Waals surface area contributed by atoms with Crippen molar-refractivity contribution in [3.63, 3.8) is 0 Å². The van der Waals surface area contributed by atoms with Crippen molar-refractivity contribution in [1.82, 2.24) is 4.90 Å². The van der Waals surface area contributed by atoms with Crippen LogP contribution in [0.2, 0.25) is 0 Å². The third-order valence-electron chi connectivity index (χ3n) is 4.52. The van der Waals surface area contributed by atoms with Crippen LogP contribution in [-0.2, 0) is 11.2 Å². The van der Waals surface area contributed by atoms with Crippen molar-refractivity contribution in [3.8, 4) is 17.2 Å². The van der Waals surface area contributed by atoms with Gasteiger partial charge in [-0.1, -0.05) is 0 Å². The van der Waals surface area contributed by atoms with E-state index in [1.807, 2.05) is 19.1 Å². The summed E-state index contributed by atoms with van der Waals surface area (Å²) in [6.45, 7) is 3.21. The van der Waals surface area contributed by atoms with Gasteiger partial charge in [0.15, 0.2) is 11.5 Å². The van der Waals surface area contributed by atoms with Crippen molar-refractivity contribution in [3.05, 3.63) is 22.8 Å². The van der Waals surface area contributed by atoms with Gasteiger partial charge >= 0.3 is 0 Å². The normalized spacial score (nSPS) is 16.2. The fraction of sp³-hybridized carbons (Fsp3) is 0.444. The molecule has 1 heterocycles. The zero-order chi connectivity index (χ0) is 17.3. The molecular weight excluding hydrogens is 308 g/mol. The number of amidine groups is 1. The van der Waals surface area contributed by atoms with E-state index in [2.05, 4.69) is 4.99 Å². The first-order valence-corrected chi connectivity index (χ1v) is 7.96. The predicted molar refractivity (Wildman–Crippen MR) is 92.1 cm³/mol. The highest BCUT2D eigenvalue weighted by Crippen LogP contribution is 2.45. The lowest BCUT2D eigenvalue weighted by Crippen LogP contribution is -2.34. The van der Waals surface area contributed by atoms with Gasteiger partial charge in [-0.2, -0.15) is 0 Å². The molecule has 0 atom stereocenters. The molecule has 24 heavy (non-hydrogen) atoms. The Hall–Kier alpha value is -2.50. The largest absolute Gasteiger partial charge is 0.493 e. The van der Waals surface area contributed by atoms with Gasteiger partial charge in [0, 0.05) is 17.7 Å². The molecule has 1 aromatic carbocycles. The molecule has 0 spiro atoms. The Morgan fingerprint density at radius 1 is 1.12 bits per heavy atom. The highest BCUT2D eigenvalue weighted by atomic mass is 16.5. The number of amides is 1. The number of methoxy groups -OCH3 is 3. The van der Waals surface area contributed by atoms with Crippen molar-refractivity contribution < 1.29 is 19.0 Å². The van der Waals surface area contributed by atoms with Gasteiger partial charge in [-0.25, -0.2) is 0 Å². The molecule has 6 nitrogen and oxygen atoms in total. The number of ether oxygens (including phenoxy) is 3. The van der Waals surface area contributed by atoms with Crippen LogP contribution in [0.4, 0.5) is 0 Å². The van der Waals surface area contributed by atoms with Crippen LogP contribution in [0.3, 0.4) is 0 Å². The molecule has 0 N–H and O–H groups in total. The Bertz CT molecular complexity index is 737. The summed E-state index contributed by atoms with van der Waals surface area (Å²) in [5.74, 6) is 2.68. The van der Waals surface area contributed by atoms with Gasteiger partial charge in [-0.05, 0) is 37.5 Å². The van der Waals surface area contributed by atoms with E-state index < -0.39 is 0 Å². The maximum atomic E-state index is 12.7. The minimum Gasteiger partial charge on any atom is -0.493 e. The molecule has 128 valence electrons. The molecule has 1 aliphatic heterocycles. The van der Waals surface area contributed by atoms with Crippen LogP contribution in [0.15, 0.2) is 16.6 Å². The summed E-state index contributed by atoms with van der Waals surface area (Å²) in [5.41, 5.74) is 2.76. The molecule has 1 amide bonds. The number of carbonyl (C=O) groups is 1. The summed E-state index contributed by atoms with van der Waals surface area (Å²) in [5, 5.41) is 0. The molecule has 2 aliphatic rings. The lowest BCUT2D eigenvalue weighted by atomic mass is 9.90. The van der Waals surface area contributed by atoms with E-state index in [4.69, 9.17) is 14.2 Å². The molecule has 0 bridgehead atoms. The Balaban J connectivity index is 2.02. The molecular formula is C18H22N2O4. The second-order valence-electron chi connectivity index (χ2n) is 5.77. The maximum Gasteiger partial charge on any atom is 0.255 e. The molecule has 0 saturated heterocycles. The average Bonchev–Trinajstić information content (AvgIpc) is 3.04. The molecule has 0 saturated carbocycles. The highest BCUT2D eigenvalue weighted by Gasteiger charge is 2.28. The molecule has 0 unspecified atom stereocenters. The Morgan fingerprint density at radius 2 is 1.88 bits per heavy atom. The molecule has 0 radical (unpaired) electrons. The number of benzene rings is 1. The van der Waals surface area contributed by atoms with Crippen LogP contribution < -0.4 is 14.2 Å². The van der Waals surface area contributed by atoms with Gasteiger partial charge in [0.25, 0.3) is 5.91 Å². The second-order valence-corrected chi connectivity index (χ2v) is 5.77. The third kappa shape index (κ3) is 2.62. The van der Waals surface area contributed by atoms with Crippen LogP contribution in [0.25, 0.3) is 6.08 Å². The van der Waals surface area contributed by atoms with Gasteiger partial charge in [-0.15, -0.1) is 0 Å². The summed E-state index contributed by atoms with van der Waals surface area (Å²) in [6, 6.07) is 1.90. The van der Waals surface area contributed by atoms with E-state index in [9.17, 15) is 4.79 Å². The predicted octanol–water partition coefficient (Wildman–Crippen LogP) is 2.30. The van der Waals surface area contributed by atoms with Crippen LogP contribution in [0.5, 0.6) is 17.2 Å². The summed E-state index contributed by atoms with van der Waals surface area (Å²) < 4.78 is 16.4. The molecule has 3 rings (SSSR count). The molecule has 1 aromatic rings. The zero-order valence-electron chi connectivity index (χ0n) is 14.5. The quantitative estimate of drug-likeness (QED) is 0.850. The van der Waals surface area contributed by atoms with Gasteiger partial charge < -0.3 is 14.2 Å². The Kier molecular flexibility index (Phi) is 4.46. The summed E-state index contributed by atoms with van der Waals surface area (Å²) in [7, 11) is 4.80. The third-order valence-corrected chi connectivity index (χ3v) is 4.52. The first-order chi connectivity index (χ1) is 11.6. The van der Waals surface area contributed by atoms with E-state index >= 15 is 0 Å². The van der Waals surface area contributed by atoms with Crippen LogP contribution in [0, 0.1) is 0 Å². The first kappa shape index (κ1) is 16.4. The van der Waals surface area contributed by atoms with E-state index in [0.717, 1.165) is 29.0 Å². The number of fused-ring (bicyclic) bond motifs is 1. The summed E-state index contributed by atoms with van der Waals surface area (Å²) >= 11 is 0. The number of nitrogens with zero attached hydrogens (tertiary/aromatic N) is 2. The number of rotatable bonds is 4. The second kappa shape index (κ2) is 6.55. The molecule has 6 heteroatoms. The van der Waals surface area contributed by atoms with Crippen LogP contribution in [0.1, 0.15) is 24.5 Å². The highest BCUT2D eigenvalue weighted by molar-refractivity contribution is 6.08. The SMILES string of the molecule is COc1cc2c(c(OC)c1OC)CCC(C(=O)N1CCN=C1C)=C2. The average molecular weight is 330 g/mol. The molecule has 0 aromatic heterocycles. The minimum atomic E-state index is 0.0353. The van der Waals surface area contributed by atoms with Crippen molar-refractivity contribution >= 4 is 17.8 Å². The first-order valence-electron chi connectivity index (χ1n) is 7.96. The van der Waals surface area contributed by atoms with Gasteiger partial charge in [0.2, 0.25) is 5.75 Å². The maximum absolute atomic E-state index is 12.7. The van der Waals surface area contributed by atoms with Crippen molar-refractivity contribution in [2.75, 3.05) is 34.4 Å². The van der Waals surface area contributed by atoms with Gasteiger partial charge in [0.1, 0.15) is 5.84 Å². The zero-order valence-corrected chi connectivity index (χ0v) is 14.5. The monoisotopic (exact) mass is 330 g/mol. The standard InChI is InChI=1S/C18H22N2O4/c1-11-19-7-8-20(11)18(21)12-5-6-14-13(9-12)10-15(22-2)17(24-4)16(14)23-3/h9-10H,5-8H2,1-4H3. The van der Waals surface area contributed by atoms with Gasteiger partial charge in [-0.3, -0.25) is 14.7 Å². The number of aliphatic imine (C=N–C) groups is 1. The van der Waals surface area contributed by atoms with Gasteiger partial charge in [0.05, 0.1) is 27.9 Å². The number of carbonyl (C=O) groups excluding carboxylic acids is 1. The smallest absolute Gasteiger partial charge is 0.255 e. The lowest BCUT2D eigenvalue weighted by molar-refractivity contribution is -0.123. The fourth-order valence-electron chi connectivity index (χ4n) is 3.29. The van der Waals surface area contributed by atoms with Crippen molar-refractivity contribution in [2.45, 2.75) is 19.8 Å². The fourth-order valence-corrected chi connectivity index (χ4v) is 3.29. The summed E-state index contributed by atoms with van der Waals surface area (Å²) in [6.07, 6.45) is 3.32. The van der Waals surface area contributed by atoms with Crippen molar-refractivity contribution in [1.29, 1.82) is 0 Å². The topological polar surface area (TPSA) is 60.4 Å². The Morgan fingerprint density at radius 3 is 2.46 bits per heavy atom. The summed E-state index contributed by atoms with van der Waals surface area (Å²) in [4.78, 5) is 18.8. The molecule has 0 fully saturated rings.